The molecule has 14 heavy (non-hydrogen) atoms. The lowest BCUT2D eigenvalue weighted by Gasteiger charge is -2.15. The summed E-state index contributed by atoms with van der Waals surface area (Å²) in [6.07, 6.45) is 4.20. The number of carbonyl (C=O) groups excluding carboxylic acids is 1. The molecular weight excluding hydrogens is 214 g/mol. The molecule has 1 saturated carbocycles. The summed E-state index contributed by atoms with van der Waals surface area (Å²) in [6, 6.07) is 0.434. The van der Waals surface area contributed by atoms with Crippen LogP contribution in [0.1, 0.15) is 25.7 Å². The van der Waals surface area contributed by atoms with Crippen LogP contribution in [0.3, 0.4) is 0 Å². The van der Waals surface area contributed by atoms with E-state index in [1.807, 2.05) is 11.8 Å². The Balaban J connectivity index is 1.73. The van der Waals surface area contributed by atoms with Crippen molar-refractivity contribution in [2.75, 3.05) is 17.3 Å². The van der Waals surface area contributed by atoms with Crippen molar-refractivity contribution >= 4 is 30.3 Å². The highest BCUT2D eigenvalue weighted by molar-refractivity contribution is 7.99. The molecule has 80 valence electrons. The number of hydrogen-bond acceptors (Lipinski definition) is 3. The summed E-state index contributed by atoms with van der Waals surface area (Å²) >= 11 is 6.24. The quantitative estimate of drug-likeness (QED) is 0.721. The molecular formula is C10H17NOS2. The molecule has 1 aliphatic heterocycles. The second-order valence-corrected chi connectivity index (χ2v) is 5.93. The molecule has 0 aromatic carbocycles. The lowest BCUT2D eigenvalue weighted by atomic mass is 10.0. The van der Waals surface area contributed by atoms with E-state index in [4.69, 9.17) is 0 Å². The second-order valence-electron chi connectivity index (χ2n) is 4.46. The molecule has 0 aromatic rings. The van der Waals surface area contributed by atoms with E-state index in [1.54, 1.807) is 0 Å². The molecule has 2 aliphatic rings. The predicted molar refractivity (Wildman–Crippen MR) is 64.0 cm³/mol. The number of thioether (sulfide) groups is 1. The molecule has 1 saturated heterocycles. The van der Waals surface area contributed by atoms with Gasteiger partial charge in [-0.05, 0) is 36.2 Å². The maximum absolute atomic E-state index is 11.7. The van der Waals surface area contributed by atoms with Gasteiger partial charge in [0, 0.05) is 18.2 Å². The first-order chi connectivity index (χ1) is 6.74. The molecule has 0 spiro atoms. The summed E-state index contributed by atoms with van der Waals surface area (Å²) in [5.41, 5.74) is 0.263. The van der Waals surface area contributed by atoms with Gasteiger partial charge in [-0.3, -0.25) is 4.79 Å². The van der Waals surface area contributed by atoms with E-state index in [-0.39, 0.29) is 11.3 Å². The van der Waals surface area contributed by atoms with Crippen LogP contribution in [0.25, 0.3) is 0 Å². The van der Waals surface area contributed by atoms with Gasteiger partial charge in [-0.15, -0.1) is 0 Å². The van der Waals surface area contributed by atoms with Crippen molar-refractivity contribution < 1.29 is 4.79 Å². The van der Waals surface area contributed by atoms with Crippen LogP contribution in [0, 0.1) is 5.41 Å². The number of thiol groups is 1. The number of hydrogen-bond donors (Lipinski definition) is 2. The lowest BCUT2D eigenvalue weighted by Crippen LogP contribution is -2.36. The number of amides is 1. The first kappa shape index (κ1) is 10.7. The summed E-state index contributed by atoms with van der Waals surface area (Å²) in [5, 5.41) is 3.12. The summed E-state index contributed by atoms with van der Waals surface area (Å²) in [5.74, 6) is 3.39. The van der Waals surface area contributed by atoms with E-state index in [9.17, 15) is 4.79 Å². The zero-order valence-electron chi connectivity index (χ0n) is 8.29. The van der Waals surface area contributed by atoms with E-state index in [1.165, 1.54) is 18.6 Å². The maximum Gasteiger partial charge on any atom is 0.220 e. The fourth-order valence-corrected chi connectivity index (χ4v) is 3.42. The number of rotatable bonds is 4. The Morgan fingerprint density at radius 3 is 2.86 bits per heavy atom. The number of nitrogens with one attached hydrogen (secondary N) is 1. The van der Waals surface area contributed by atoms with Gasteiger partial charge >= 0.3 is 0 Å². The van der Waals surface area contributed by atoms with Gasteiger partial charge in [0.2, 0.25) is 5.91 Å². The van der Waals surface area contributed by atoms with Gasteiger partial charge in [0.05, 0.1) is 0 Å². The Labute approximate surface area is 95.0 Å². The van der Waals surface area contributed by atoms with Crippen LogP contribution in [0.5, 0.6) is 0 Å². The third-order valence-corrected chi connectivity index (χ3v) is 4.96. The highest BCUT2D eigenvalue weighted by Crippen LogP contribution is 2.49. The van der Waals surface area contributed by atoms with Crippen LogP contribution in [0.4, 0.5) is 0 Å². The van der Waals surface area contributed by atoms with Crippen LogP contribution >= 0.6 is 24.4 Å². The van der Waals surface area contributed by atoms with Gasteiger partial charge in [-0.25, -0.2) is 0 Å². The van der Waals surface area contributed by atoms with Gasteiger partial charge < -0.3 is 5.32 Å². The van der Waals surface area contributed by atoms with E-state index in [0.29, 0.717) is 12.5 Å². The van der Waals surface area contributed by atoms with Crippen LogP contribution < -0.4 is 5.32 Å². The average Bonchev–Trinajstić information content (AvgIpc) is 2.74. The minimum atomic E-state index is 0.240. The Hall–Kier alpha value is 0.170. The minimum absolute atomic E-state index is 0.240. The summed E-state index contributed by atoms with van der Waals surface area (Å²) in [7, 11) is 0. The molecule has 1 amide bonds. The van der Waals surface area contributed by atoms with Gasteiger partial charge in [0.25, 0.3) is 0 Å². The first-order valence-electron chi connectivity index (χ1n) is 5.22. The molecule has 1 aliphatic carbocycles. The van der Waals surface area contributed by atoms with Crippen LogP contribution in [0.15, 0.2) is 0 Å². The third-order valence-electron chi connectivity index (χ3n) is 3.12. The van der Waals surface area contributed by atoms with E-state index >= 15 is 0 Å². The first-order valence-corrected chi connectivity index (χ1v) is 7.01. The predicted octanol–water partition coefficient (Wildman–Crippen LogP) is 1.71. The van der Waals surface area contributed by atoms with Gasteiger partial charge in [0.15, 0.2) is 0 Å². The SMILES string of the molecule is O=C(CC1(CS)CC1)NC1CCSC1. The molecule has 4 heteroatoms. The molecule has 0 radical (unpaired) electrons. The van der Waals surface area contributed by atoms with Crippen molar-refractivity contribution in [3.05, 3.63) is 0 Å². The van der Waals surface area contributed by atoms with E-state index < -0.39 is 0 Å². The van der Waals surface area contributed by atoms with Crippen molar-refractivity contribution in [3.8, 4) is 0 Å². The fraction of sp³-hybridized carbons (Fsp3) is 0.900. The Morgan fingerprint density at radius 1 is 1.57 bits per heavy atom. The standard InChI is InChI=1S/C10H17NOS2/c12-9(5-10(7-13)2-3-10)11-8-1-4-14-6-8/h8,13H,1-7H2,(H,11,12). The van der Waals surface area contributed by atoms with Crippen molar-refractivity contribution in [2.24, 2.45) is 5.41 Å². The maximum atomic E-state index is 11.7. The average molecular weight is 231 g/mol. The summed E-state index contributed by atoms with van der Waals surface area (Å²) in [4.78, 5) is 11.7. The largest absolute Gasteiger partial charge is 0.352 e. The highest BCUT2D eigenvalue weighted by atomic mass is 32.2. The monoisotopic (exact) mass is 231 g/mol. The van der Waals surface area contributed by atoms with Crippen molar-refractivity contribution in [1.82, 2.24) is 5.32 Å². The molecule has 0 aromatic heterocycles. The molecule has 1 heterocycles. The Bertz CT molecular complexity index is 222. The van der Waals surface area contributed by atoms with Crippen LogP contribution in [-0.4, -0.2) is 29.2 Å². The van der Waals surface area contributed by atoms with Gasteiger partial charge in [-0.1, -0.05) is 0 Å². The lowest BCUT2D eigenvalue weighted by molar-refractivity contribution is -0.122. The minimum Gasteiger partial charge on any atom is -0.352 e. The van der Waals surface area contributed by atoms with Crippen LogP contribution in [0.2, 0.25) is 0 Å². The number of carbonyl (C=O) groups is 1. The molecule has 1 atom stereocenters. The molecule has 2 rings (SSSR count). The highest BCUT2D eigenvalue weighted by Gasteiger charge is 2.43. The molecule has 1 N–H and O–H groups in total. The Morgan fingerprint density at radius 2 is 2.36 bits per heavy atom. The molecule has 2 nitrogen and oxygen atoms in total. The fourth-order valence-electron chi connectivity index (χ4n) is 1.84. The smallest absolute Gasteiger partial charge is 0.220 e. The van der Waals surface area contributed by atoms with Crippen molar-refractivity contribution in [1.29, 1.82) is 0 Å². The van der Waals surface area contributed by atoms with Gasteiger partial charge in [-0.2, -0.15) is 24.4 Å². The second kappa shape index (κ2) is 4.35. The van der Waals surface area contributed by atoms with Crippen LogP contribution in [-0.2, 0) is 4.79 Å². The van der Waals surface area contributed by atoms with Crippen molar-refractivity contribution in [2.45, 2.75) is 31.7 Å². The van der Waals surface area contributed by atoms with E-state index in [0.717, 1.165) is 17.9 Å². The summed E-state index contributed by atoms with van der Waals surface area (Å²) in [6.45, 7) is 0. The topological polar surface area (TPSA) is 29.1 Å². The van der Waals surface area contributed by atoms with E-state index in [2.05, 4.69) is 17.9 Å². The zero-order valence-corrected chi connectivity index (χ0v) is 10.0. The molecule has 2 fully saturated rings. The molecule has 1 unspecified atom stereocenters. The normalized spacial score (nSPS) is 28.8. The van der Waals surface area contributed by atoms with Crippen molar-refractivity contribution in [3.63, 3.8) is 0 Å². The molecule has 0 bridgehead atoms. The zero-order chi connectivity index (χ0) is 10.0. The Kier molecular flexibility index (Phi) is 3.32. The van der Waals surface area contributed by atoms with Gasteiger partial charge in [0.1, 0.15) is 0 Å². The summed E-state index contributed by atoms with van der Waals surface area (Å²) < 4.78 is 0. The third kappa shape index (κ3) is 2.60.